The monoisotopic (exact) mass is 478 g/mol. The molecule has 1 spiro atoms. The van der Waals surface area contributed by atoms with Crippen LogP contribution in [0.1, 0.15) is 32.8 Å². The summed E-state index contributed by atoms with van der Waals surface area (Å²) >= 11 is 0. The van der Waals surface area contributed by atoms with Crippen LogP contribution in [0, 0.1) is 6.92 Å². The molecular weight excluding hydrogens is 448 g/mol. The topological polar surface area (TPSA) is 82.8 Å². The van der Waals surface area contributed by atoms with Gasteiger partial charge in [-0.1, -0.05) is 81.4 Å². The van der Waals surface area contributed by atoms with E-state index < -0.39 is 26.4 Å². The van der Waals surface area contributed by atoms with Crippen LogP contribution in [0.5, 0.6) is 6.01 Å². The molecule has 1 fully saturated rings. The molecule has 0 radical (unpaired) electrons. The Balaban J connectivity index is 1.47. The van der Waals surface area contributed by atoms with Gasteiger partial charge in [-0.2, -0.15) is 4.98 Å². The molecule has 2 aliphatic heterocycles. The van der Waals surface area contributed by atoms with E-state index in [4.69, 9.17) is 13.9 Å². The third-order valence-corrected chi connectivity index (χ3v) is 11.8. The van der Waals surface area contributed by atoms with Crippen LogP contribution in [0.3, 0.4) is 0 Å². The summed E-state index contributed by atoms with van der Waals surface area (Å²) in [5.74, 6) is -1.15. The van der Waals surface area contributed by atoms with Gasteiger partial charge in [-0.3, -0.25) is 4.79 Å². The fourth-order valence-corrected chi connectivity index (χ4v) is 9.67. The largest absolute Gasteiger partial charge is 0.412 e. The summed E-state index contributed by atoms with van der Waals surface area (Å²) in [6.07, 6.45) is 0.533. The molecule has 178 valence electrons. The first kappa shape index (κ1) is 23.0. The van der Waals surface area contributed by atoms with Crippen LogP contribution in [0.25, 0.3) is 0 Å². The fraction of sp³-hybridized carbons (Fsp3) is 0.385. The number of hydrogen-bond donors (Lipinski definition) is 1. The second kappa shape index (κ2) is 8.16. The van der Waals surface area contributed by atoms with E-state index in [-0.39, 0.29) is 29.6 Å². The zero-order valence-corrected chi connectivity index (χ0v) is 20.9. The Kier molecular flexibility index (Phi) is 5.52. The van der Waals surface area contributed by atoms with Crippen LogP contribution >= 0.6 is 0 Å². The Morgan fingerprint density at radius 3 is 2.26 bits per heavy atom. The van der Waals surface area contributed by atoms with Crippen molar-refractivity contribution in [1.29, 1.82) is 0 Å². The number of ether oxygens (including phenoxy) is 2. The number of aromatic nitrogens is 2. The second-order valence-electron chi connectivity index (χ2n) is 10.1. The molecule has 34 heavy (non-hydrogen) atoms. The summed E-state index contributed by atoms with van der Waals surface area (Å²) in [6, 6.07) is 20.9. The molecule has 3 heterocycles. The molecule has 0 unspecified atom stereocenters. The van der Waals surface area contributed by atoms with Gasteiger partial charge in [-0.05, 0) is 22.3 Å². The Hall–Kier alpha value is -2.78. The minimum Gasteiger partial charge on any atom is -0.412 e. The van der Waals surface area contributed by atoms with Gasteiger partial charge in [0.2, 0.25) is 0 Å². The quantitative estimate of drug-likeness (QED) is 0.567. The van der Waals surface area contributed by atoms with Crippen molar-refractivity contribution >= 4 is 18.7 Å². The summed E-state index contributed by atoms with van der Waals surface area (Å²) in [6.45, 7) is 8.54. The first-order chi connectivity index (χ1) is 16.2. The summed E-state index contributed by atoms with van der Waals surface area (Å²) in [5, 5.41) is 13.1. The molecular formula is C26H30N2O5Si. The number of nitrogens with zero attached hydrogens (tertiary/aromatic N) is 2. The van der Waals surface area contributed by atoms with Crippen molar-refractivity contribution in [2.45, 2.75) is 57.3 Å². The lowest BCUT2D eigenvalue weighted by Crippen LogP contribution is -2.67. The Labute approximate surface area is 200 Å². The molecule has 3 aromatic rings. The Morgan fingerprint density at radius 2 is 1.71 bits per heavy atom. The minimum atomic E-state index is -2.77. The highest BCUT2D eigenvalue weighted by Crippen LogP contribution is 2.45. The average molecular weight is 479 g/mol. The van der Waals surface area contributed by atoms with Crippen molar-refractivity contribution in [2.24, 2.45) is 0 Å². The molecule has 8 heteroatoms. The number of rotatable bonds is 5. The van der Waals surface area contributed by atoms with E-state index in [1.165, 1.54) is 10.4 Å². The van der Waals surface area contributed by atoms with E-state index in [9.17, 15) is 9.90 Å². The van der Waals surface area contributed by atoms with E-state index in [2.05, 4.69) is 50.0 Å². The van der Waals surface area contributed by atoms with Crippen LogP contribution < -0.4 is 20.7 Å². The SMILES string of the molecule is Cc1cn2c(nc1=O)O[C@]21C[C@@H](O)[C@@H](CO[Si](c2ccccc2)(c2ccccc2)C(C)(C)C)O1. The molecule has 5 rings (SSSR count). The molecule has 1 aromatic heterocycles. The maximum atomic E-state index is 11.8. The highest BCUT2D eigenvalue weighted by molar-refractivity contribution is 6.99. The van der Waals surface area contributed by atoms with Crippen molar-refractivity contribution in [2.75, 3.05) is 6.61 Å². The van der Waals surface area contributed by atoms with Gasteiger partial charge in [0.1, 0.15) is 6.10 Å². The lowest BCUT2D eigenvalue weighted by Gasteiger charge is -2.44. The molecule has 2 aromatic carbocycles. The predicted molar refractivity (Wildman–Crippen MR) is 131 cm³/mol. The summed E-state index contributed by atoms with van der Waals surface area (Å²) in [4.78, 5) is 15.7. The Bertz CT molecular complexity index is 1200. The van der Waals surface area contributed by atoms with Crippen LogP contribution in [-0.2, 0) is 15.1 Å². The lowest BCUT2D eigenvalue weighted by atomic mass is 10.1. The third-order valence-electron chi connectivity index (χ3n) is 6.79. The standard InChI is InChI=1S/C26H30N2O5Si/c1-18-16-28-24(27-23(18)30)33-26(28)15-21(29)22(32-26)17-31-34(25(2,3)4,19-11-7-5-8-12-19)20-13-9-6-10-14-20/h5-14,16,21-22,29H,15,17H2,1-4H3/t21-,22-,26-/m1/s1. The second-order valence-corrected chi connectivity index (χ2v) is 14.4. The molecule has 3 atom stereocenters. The maximum absolute atomic E-state index is 11.8. The molecule has 7 nitrogen and oxygen atoms in total. The third kappa shape index (κ3) is 3.53. The zero-order chi connectivity index (χ0) is 24.1. The molecule has 0 saturated carbocycles. The fourth-order valence-electron chi connectivity index (χ4n) is 5.10. The van der Waals surface area contributed by atoms with Crippen molar-refractivity contribution < 1.29 is 19.0 Å². The number of aliphatic hydroxyl groups is 1. The normalized spacial score (nSPS) is 23.9. The molecule has 0 amide bonds. The van der Waals surface area contributed by atoms with Crippen LogP contribution in [-0.4, -0.2) is 41.8 Å². The highest BCUT2D eigenvalue weighted by atomic mass is 28.4. The molecule has 0 aliphatic carbocycles. The van der Waals surface area contributed by atoms with Gasteiger partial charge in [-0.15, -0.1) is 0 Å². The van der Waals surface area contributed by atoms with Gasteiger partial charge < -0.3 is 19.0 Å². The first-order valence-electron chi connectivity index (χ1n) is 11.6. The summed E-state index contributed by atoms with van der Waals surface area (Å²) < 4.78 is 20.6. The van der Waals surface area contributed by atoms with Gasteiger partial charge in [0.05, 0.1) is 19.1 Å². The van der Waals surface area contributed by atoms with Crippen molar-refractivity contribution in [3.8, 4) is 6.01 Å². The predicted octanol–water partition coefficient (Wildman–Crippen LogP) is 2.28. The van der Waals surface area contributed by atoms with Gasteiger partial charge in [0.25, 0.3) is 13.9 Å². The smallest absolute Gasteiger partial charge is 0.308 e. The minimum absolute atomic E-state index is 0.184. The van der Waals surface area contributed by atoms with E-state index in [0.717, 1.165) is 0 Å². The van der Waals surface area contributed by atoms with Gasteiger partial charge in [-0.25, -0.2) is 4.57 Å². The van der Waals surface area contributed by atoms with E-state index in [1.807, 2.05) is 36.4 Å². The van der Waals surface area contributed by atoms with Crippen LogP contribution in [0.2, 0.25) is 5.04 Å². The summed E-state index contributed by atoms with van der Waals surface area (Å²) in [7, 11) is -2.77. The number of aliphatic hydroxyl groups excluding tert-OH is 1. The average Bonchev–Trinajstić information content (AvgIpc) is 3.15. The molecule has 0 bridgehead atoms. The number of hydrogen-bond acceptors (Lipinski definition) is 6. The molecule has 1 N–H and O–H groups in total. The van der Waals surface area contributed by atoms with Crippen molar-refractivity contribution in [3.05, 3.63) is 82.8 Å². The summed E-state index contributed by atoms with van der Waals surface area (Å²) in [5.41, 5.74) is 0.169. The van der Waals surface area contributed by atoms with Crippen molar-refractivity contribution in [3.63, 3.8) is 0 Å². The van der Waals surface area contributed by atoms with Gasteiger partial charge in [0, 0.05) is 11.8 Å². The van der Waals surface area contributed by atoms with E-state index in [1.54, 1.807) is 17.7 Å². The maximum Gasteiger partial charge on any atom is 0.308 e. The zero-order valence-electron chi connectivity index (χ0n) is 19.9. The van der Waals surface area contributed by atoms with E-state index in [0.29, 0.717) is 5.56 Å². The highest BCUT2D eigenvalue weighted by Gasteiger charge is 2.58. The molecule has 1 saturated heterocycles. The van der Waals surface area contributed by atoms with Crippen LogP contribution in [0.15, 0.2) is 71.7 Å². The number of fused-ring (bicyclic) bond motifs is 2. The van der Waals surface area contributed by atoms with Crippen LogP contribution in [0.4, 0.5) is 0 Å². The van der Waals surface area contributed by atoms with Gasteiger partial charge in [0.15, 0.2) is 0 Å². The first-order valence-corrected chi connectivity index (χ1v) is 13.5. The number of benzene rings is 2. The Morgan fingerprint density at radius 1 is 1.12 bits per heavy atom. The van der Waals surface area contributed by atoms with Gasteiger partial charge >= 0.3 is 11.9 Å². The van der Waals surface area contributed by atoms with E-state index >= 15 is 0 Å². The lowest BCUT2D eigenvalue weighted by molar-refractivity contribution is -0.288. The van der Waals surface area contributed by atoms with Crippen molar-refractivity contribution in [1.82, 2.24) is 9.55 Å². The number of aryl methyl sites for hydroxylation is 1. The molecule has 2 aliphatic rings.